The van der Waals surface area contributed by atoms with E-state index in [9.17, 15) is 9.59 Å². The van der Waals surface area contributed by atoms with Crippen LogP contribution in [0.3, 0.4) is 0 Å². The molecule has 0 spiro atoms. The third kappa shape index (κ3) is 8.10. The Kier molecular flexibility index (Phi) is 10.1. The first-order valence-electron chi connectivity index (χ1n) is 14.2. The maximum absolute atomic E-state index is 13.4. The molecule has 42 heavy (non-hydrogen) atoms. The van der Waals surface area contributed by atoms with Crippen LogP contribution in [-0.2, 0) is 17.1 Å². The van der Waals surface area contributed by atoms with Crippen molar-refractivity contribution >= 4 is 40.8 Å². The number of hydrogen-bond acceptors (Lipinski definition) is 7. The molecule has 0 saturated carbocycles. The van der Waals surface area contributed by atoms with Crippen LogP contribution in [-0.4, -0.2) is 45.8 Å². The van der Waals surface area contributed by atoms with E-state index in [-0.39, 0.29) is 12.3 Å². The molecule has 1 amide bonds. The van der Waals surface area contributed by atoms with Gasteiger partial charge in [-0.25, -0.2) is 9.97 Å². The third-order valence-electron chi connectivity index (χ3n) is 7.15. The van der Waals surface area contributed by atoms with E-state index in [1.54, 1.807) is 24.2 Å². The smallest absolute Gasteiger partial charge is 0.304 e. The molecule has 216 valence electrons. The van der Waals surface area contributed by atoms with Crippen molar-refractivity contribution in [3.8, 4) is 11.3 Å². The van der Waals surface area contributed by atoms with Crippen LogP contribution in [0.5, 0.6) is 0 Å². The number of hydrogen-bond donors (Lipinski definition) is 3. The predicted octanol–water partition coefficient (Wildman–Crippen LogP) is 6.71. The molecule has 8 nitrogen and oxygen atoms in total. The quantitative estimate of drug-likeness (QED) is 0.159. The molecule has 3 N–H and O–H groups in total. The summed E-state index contributed by atoms with van der Waals surface area (Å²) < 4.78 is 0. The lowest BCUT2D eigenvalue weighted by Crippen LogP contribution is -2.29. The zero-order chi connectivity index (χ0) is 29.1. The van der Waals surface area contributed by atoms with Crippen molar-refractivity contribution < 1.29 is 14.7 Å². The zero-order valence-electron chi connectivity index (χ0n) is 23.5. The Labute approximate surface area is 250 Å². The van der Waals surface area contributed by atoms with Crippen molar-refractivity contribution in [2.75, 3.05) is 34.4 Å². The van der Waals surface area contributed by atoms with Crippen molar-refractivity contribution in [1.82, 2.24) is 9.97 Å². The van der Waals surface area contributed by atoms with E-state index >= 15 is 0 Å². The summed E-state index contributed by atoms with van der Waals surface area (Å²) in [5, 5.41) is 15.4. The molecule has 0 aliphatic carbocycles. The van der Waals surface area contributed by atoms with E-state index in [0.29, 0.717) is 35.1 Å². The van der Waals surface area contributed by atoms with Crippen LogP contribution in [0, 0.1) is 0 Å². The molecule has 5 rings (SSSR count). The largest absolute Gasteiger partial charge is 0.481 e. The first kappa shape index (κ1) is 29.1. The van der Waals surface area contributed by atoms with Crippen LogP contribution in [0.4, 0.5) is 17.2 Å². The van der Waals surface area contributed by atoms with Gasteiger partial charge in [0.15, 0.2) is 0 Å². The average Bonchev–Trinajstić information content (AvgIpc) is 3.03. The van der Waals surface area contributed by atoms with Crippen LogP contribution in [0.25, 0.3) is 11.3 Å². The Balaban J connectivity index is 1.37. The van der Waals surface area contributed by atoms with E-state index in [1.807, 2.05) is 48.5 Å². The first-order valence-corrected chi connectivity index (χ1v) is 15.4. The highest BCUT2D eigenvalue weighted by Crippen LogP contribution is 2.33. The topological polar surface area (TPSA) is 107 Å². The van der Waals surface area contributed by atoms with Crippen LogP contribution in [0.1, 0.15) is 47.2 Å². The van der Waals surface area contributed by atoms with Gasteiger partial charge in [-0.1, -0.05) is 42.5 Å². The van der Waals surface area contributed by atoms with Gasteiger partial charge in [0.05, 0.1) is 17.8 Å². The molecule has 1 saturated heterocycles. The van der Waals surface area contributed by atoms with Gasteiger partial charge in [-0.15, -0.1) is 0 Å². The Morgan fingerprint density at radius 1 is 0.881 bits per heavy atom. The van der Waals surface area contributed by atoms with Crippen molar-refractivity contribution in [1.29, 1.82) is 0 Å². The maximum atomic E-state index is 13.4. The summed E-state index contributed by atoms with van der Waals surface area (Å²) in [6.45, 7) is 2.66. The fourth-order valence-corrected chi connectivity index (χ4v) is 5.82. The highest BCUT2D eigenvalue weighted by molar-refractivity contribution is 7.98. The van der Waals surface area contributed by atoms with Crippen LogP contribution in [0.15, 0.2) is 85.2 Å². The maximum Gasteiger partial charge on any atom is 0.304 e. The van der Waals surface area contributed by atoms with Gasteiger partial charge in [0.25, 0.3) is 5.91 Å². The number of nitrogens with one attached hydrogen (secondary N) is 2. The average molecular weight is 582 g/mol. The van der Waals surface area contributed by atoms with Gasteiger partial charge >= 0.3 is 5.97 Å². The number of benzene rings is 3. The molecule has 2 heterocycles. The van der Waals surface area contributed by atoms with Crippen LogP contribution >= 0.6 is 11.8 Å². The Morgan fingerprint density at radius 3 is 2.50 bits per heavy atom. The van der Waals surface area contributed by atoms with Gasteiger partial charge in [-0.3, -0.25) is 9.59 Å². The normalized spacial score (nSPS) is 13.0. The van der Waals surface area contributed by atoms with E-state index in [0.717, 1.165) is 41.2 Å². The van der Waals surface area contributed by atoms with E-state index < -0.39 is 5.97 Å². The summed E-state index contributed by atoms with van der Waals surface area (Å²) in [6.07, 6.45) is 5.25. The fraction of sp³-hybridized carbons (Fsp3) is 0.273. The molecule has 3 aromatic carbocycles. The number of carbonyl (C=O) groups excluding carboxylic acids is 1. The molecular formula is C33H35N5O3S. The number of carbonyl (C=O) groups is 2. The highest BCUT2D eigenvalue weighted by atomic mass is 32.2. The number of carboxylic acid groups (broad SMARTS) is 1. The predicted molar refractivity (Wildman–Crippen MR) is 170 cm³/mol. The molecule has 4 aromatic rings. The molecule has 0 bridgehead atoms. The van der Waals surface area contributed by atoms with Crippen molar-refractivity contribution in [3.63, 3.8) is 0 Å². The minimum absolute atomic E-state index is 0.119. The molecule has 0 unspecified atom stereocenters. The monoisotopic (exact) mass is 581 g/mol. The van der Waals surface area contributed by atoms with E-state index in [4.69, 9.17) is 5.11 Å². The van der Waals surface area contributed by atoms with Gasteiger partial charge in [0.1, 0.15) is 12.1 Å². The Bertz CT molecular complexity index is 1510. The number of rotatable bonds is 12. The van der Waals surface area contributed by atoms with Crippen molar-refractivity contribution in [2.24, 2.45) is 0 Å². The lowest BCUT2D eigenvalue weighted by Gasteiger charge is -2.29. The second-order valence-corrected chi connectivity index (χ2v) is 11.4. The SMILES string of the molecule is O=C(O)CCSCc1cccc(C(=O)Nc2ccc(N3CCCCC3)cc2-c2cc(NCc3ccccc3)ncn2)c1. The van der Waals surface area contributed by atoms with E-state index in [1.165, 1.54) is 19.3 Å². The lowest BCUT2D eigenvalue weighted by molar-refractivity contribution is -0.136. The van der Waals surface area contributed by atoms with Crippen LogP contribution in [0.2, 0.25) is 0 Å². The standard InChI is InChI=1S/C33H35N5O3S/c39-32(40)14-17-42-22-25-10-7-11-26(18-25)33(41)37-29-13-12-27(38-15-5-2-6-16-38)19-28(29)30-20-31(36-23-35-30)34-21-24-8-3-1-4-9-24/h1,3-4,7-13,18-20,23H,2,5-6,14-17,21-22H2,(H,37,41)(H,39,40)(H,34,35,36). The summed E-state index contributed by atoms with van der Waals surface area (Å²) >= 11 is 1.54. The van der Waals surface area contributed by atoms with Gasteiger partial charge < -0.3 is 20.6 Å². The lowest BCUT2D eigenvalue weighted by atomic mass is 10.0. The number of amides is 1. The molecule has 1 aromatic heterocycles. The number of aliphatic carboxylic acids is 1. The van der Waals surface area contributed by atoms with Gasteiger partial charge in [0.2, 0.25) is 0 Å². The first-order chi connectivity index (χ1) is 20.5. The van der Waals surface area contributed by atoms with E-state index in [2.05, 4.69) is 49.8 Å². The summed E-state index contributed by atoms with van der Waals surface area (Å²) in [5.41, 5.74) is 6.01. The number of piperidine rings is 1. The number of anilines is 3. The molecule has 9 heteroatoms. The van der Waals surface area contributed by atoms with Crippen molar-refractivity contribution in [3.05, 3.63) is 102 Å². The highest BCUT2D eigenvalue weighted by Gasteiger charge is 2.17. The Hall–Kier alpha value is -4.37. The molecule has 1 aliphatic rings. The van der Waals surface area contributed by atoms with Gasteiger partial charge in [-0.2, -0.15) is 11.8 Å². The fourth-order valence-electron chi connectivity index (χ4n) is 4.94. The van der Waals surface area contributed by atoms with Gasteiger partial charge in [0, 0.05) is 54.0 Å². The van der Waals surface area contributed by atoms with Gasteiger partial charge in [-0.05, 0) is 60.7 Å². The summed E-state index contributed by atoms with van der Waals surface area (Å²) in [4.78, 5) is 35.6. The second-order valence-electron chi connectivity index (χ2n) is 10.3. The Morgan fingerprint density at radius 2 is 1.69 bits per heavy atom. The number of carboxylic acids is 1. The summed E-state index contributed by atoms with van der Waals surface area (Å²) in [5.74, 6) is 0.859. The molecule has 0 radical (unpaired) electrons. The van der Waals surface area contributed by atoms with Crippen molar-refractivity contribution in [2.45, 2.75) is 38.0 Å². The number of nitrogens with zero attached hydrogens (tertiary/aromatic N) is 3. The molecule has 1 aliphatic heterocycles. The molecule has 0 atom stereocenters. The number of thioether (sulfide) groups is 1. The summed E-state index contributed by atoms with van der Waals surface area (Å²) in [7, 11) is 0. The third-order valence-corrected chi connectivity index (χ3v) is 8.18. The second kappa shape index (κ2) is 14.5. The minimum atomic E-state index is -0.805. The van der Waals surface area contributed by atoms with Crippen LogP contribution < -0.4 is 15.5 Å². The minimum Gasteiger partial charge on any atom is -0.481 e. The number of aromatic nitrogens is 2. The summed E-state index contributed by atoms with van der Waals surface area (Å²) in [6, 6.07) is 25.7. The zero-order valence-corrected chi connectivity index (χ0v) is 24.3. The molecular weight excluding hydrogens is 546 g/mol. The molecule has 1 fully saturated rings.